The van der Waals surface area contributed by atoms with Crippen LogP contribution in [0.4, 0.5) is 11.5 Å². The highest BCUT2D eigenvalue weighted by Gasteiger charge is 2.38. The molecule has 0 saturated carbocycles. The maximum Gasteiger partial charge on any atom is 0.261 e. The molecular weight excluding hydrogens is 322 g/mol. The summed E-state index contributed by atoms with van der Waals surface area (Å²) in [7, 11) is 0. The quantitative estimate of drug-likeness (QED) is 0.744. The Balaban J connectivity index is 1.82. The SMILES string of the molecule is Cc1ccnc(N2C(=O)c3ccccc3[C@H]2Nc2cc(C)ccc2C)c1. The Bertz CT molecular complexity index is 996. The van der Waals surface area contributed by atoms with E-state index in [1.165, 1.54) is 5.56 Å². The number of aryl methyl sites for hydroxylation is 3. The average Bonchev–Trinajstić information content (AvgIpc) is 2.91. The second-order valence-electron chi connectivity index (χ2n) is 6.82. The number of carbonyl (C=O) groups excluding carboxylic acids is 1. The van der Waals surface area contributed by atoms with E-state index in [9.17, 15) is 4.79 Å². The molecule has 0 radical (unpaired) electrons. The second kappa shape index (κ2) is 6.30. The summed E-state index contributed by atoms with van der Waals surface area (Å²) in [6, 6.07) is 17.9. The third kappa shape index (κ3) is 2.73. The number of fused-ring (bicyclic) bond motifs is 1. The van der Waals surface area contributed by atoms with Crippen molar-refractivity contribution in [3.63, 3.8) is 0 Å². The number of hydrogen-bond donors (Lipinski definition) is 1. The van der Waals surface area contributed by atoms with Gasteiger partial charge in [-0.1, -0.05) is 30.3 Å². The highest BCUT2D eigenvalue weighted by molar-refractivity contribution is 6.11. The number of carbonyl (C=O) groups is 1. The highest BCUT2D eigenvalue weighted by atomic mass is 16.2. The van der Waals surface area contributed by atoms with Gasteiger partial charge in [-0.05, 0) is 61.7 Å². The van der Waals surface area contributed by atoms with E-state index in [0.717, 1.165) is 27.9 Å². The van der Waals surface area contributed by atoms with Gasteiger partial charge in [-0.3, -0.25) is 9.69 Å². The van der Waals surface area contributed by atoms with Crippen LogP contribution in [0, 0.1) is 20.8 Å². The average molecular weight is 343 g/mol. The van der Waals surface area contributed by atoms with Gasteiger partial charge >= 0.3 is 0 Å². The molecule has 0 bridgehead atoms. The smallest absolute Gasteiger partial charge is 0.261 e. The molecule has 0 saturated heterocycles. The minimum atomic E-state index is -0.284. The van der Waals surface area contributed by atoms with Crippen molar-refractivity contribution in [2.75, 3.05) is 10.2 Å². The van der Waals surface area contributed by atoms with Gasteiger partial charge in [0.05, 0.1) is 0 Å². The van der Waals surface area contributed by atoms with Crippen LogP contribution in [0.1, 0.15) is 38.8 Å². The zero-order valence-electron chi connectivity index (χ0n) is 15.2. The van der Waals surface area contributed by atoms with Gasteiger partial charge in [0.1, 0.15) is 12.0 Å². The van der Waals surface area contributed by atoms with Gasteiger partial charge in [-0.15, -0.1) is 0 Å². The topological polar surface area (TPSA) is 45.2 Å². The summed E-state index contributed by atoms with van der Waals surface area (Å²) < 4.78 is 0. The Morgan fingerprint density at radius 2 is 1.73 bits per heavy atom. The van der Waals surface area contributed by atoms with E-state index in [0.29, 0.717) is 5.82 Å². The maximum absolute atomic E-state index is 13.1. The Hall–Kier alpha value is -3.14. The molecule has 26 heavy (non-hydrogen) atoms. The molecule has 1 aromatic heterocycles. The first-order chi connectivity index (χ1) is 12.5. The minimum Gasteiger partial charge on any atom is -0.361 e. The Morgan fingerprint density at radius 3 is 2.54 bits per heavy atom. The lowest BCUT2D eigenvalue weighted by Gasteiger charge is -2.27. The van der Waals surface area contributed by atoms with Crippen LogP contribution in [0.5, 0.6) is 0 Å². The molecule has 1 N–H and O–H groups in total. The van der Waals surface area contributed by atoms with Gasteiger partial charge in [0.25, 0.3) is 5.91 Å². The van der Waals surface area contributed by atoms with Crippen molar-refractivity contribution in [3.05, 3.63) is 88.6 Å². The van der Waals surface area contributed by atoms with Gasteiger partial charge in [-0.25, -0.2) is 4.98 Å². The number of amides is 1. The number of nitrogens with zero attached hydrogens (tertiary/aromatic N) is 2. The first-order valence-electron chi connectivity index (χ1n) is 8.73. The molecule has 0 spiro atoms. The van der Waals surface area contributed by atoms with Crippen molar-refractivity contribution in [3.8, 4) is 0 Å². The number of aromatic nitrogens is 1. The molecule has 2 heterocycles. The van der Waals surface area contributed by atoms with E-state index >= 15 is 0 Å². The second-order valence-corrected chi connectivity index (χ2v) is 6.82. The van der Waals surface area contributed by atoms with Gasteiger partial charge in [0.15, 0.2) is 0 Å². The third-order valence-corrected chi connectivity index (χ3v) is 4.80. The van der Waals surface area contributed by atoms with Crippen molar-refractivity contribution in [1.82, 2.24) is 4.98 Å². The van der Waals surface area contributed by atoms with E-state index in [1.54, 1.807) is 11.1 Å². The summed E-state index contributed by atoms with van der Waals surface area (Å²) in [5.41, 5.74) is 6.11. The minimum absolute atomic E-state index is 0.0264. The fourth-order valence-electron chi connectivity index (χ4n) is 3.39. The zero-order chi connectivity index (χ0) is 18.3. The summed E-state index contributed by atoms with van der Waals surface area (Å²) in [6.07, 6.45) is 1.46. The van der Waals surface area contributed by atoms with E-state index in [2.05, 4.69) is 42.3 Å². The van der Waals surface area contributed by atoms with Crippen LogP contribution in [0.15, 0.2) is 60.8 Å². The van der Waals surface area contributed by atoms with Crippen LogP contribution in [-0.4, -0.2) is 10.9 Å². The van der Waals surface area contributed by atoms with Gasteiger partial charge in [0, 0.05) is 23.0 Å². The van der Waals surface area contributed by atoms with E-state index in [-0.39, 0.29) is 12.1 Å². The first-order valence-corrected chi connectivity index (χ1v) is 8.73. The van der Waals surface area contributed by atoms with Gasteiger partial charge in [-0.2, -0.15) is 0 Å². The third-order valence-electron chi connectivity index (χ3n) is 4.80. The molecule has 0 fully saturated rings. The fraction of sp³-hybridized carbons (Fsp3) is 0.182. The number of nitrogens with one attached hydrogen (secondary N) is 1. The molecule has 3 aromatic rings. The number of anilines is 2. The van der Waals surface area contributed by atoms with Crippen molar-refractivity contribution < 1.29 is 4.79 Å². The molecule has 1 amide bonds. The van der Waals surface area contributed by atoms with Crippen molar-refractivity contribution >= 4 is 17.4 Å². The lowest BCUT2D eigenvalue weighted by molar-refractivity contribution is 0.0992. The molecule has 4 rings (SSSR count). The van der Waals surface area contributed by atoms with Crippen LogP contribution >= 0.6 is 0 Å². The summed E-state index contributed by atoms with van der Waals surface area (Å²) >= 11 is 0. The van der Waals surface area contributed by atoms with Gasteiger partial charge < -0.3 is 5.32 Å². The maximum atomic E-state index is 13.1. The van der Waals surface area contributed by atoms with E-state index < -0.39 is 0 Å². The number of pyridine rings is 1. The summed E-state index contributed by atoms with van der Waals surface area (Å²) in [5.74, 6) is 0.635. The lowest BCUT2D eigenvalue weighted by atomic mass is 10.1. The van der Waals surface area contributed by atoms with Crippen molar-refractivity contribution in [2.24, 2.45) is 0 Å². The van der Waals surface area contributed by atoms with Crippen LogP contribution < -0.4 is 10.2 Å². The molecule has 4 nitrogen and oxygen atoms in total. The Morgan fingerprint density at radius 1 is 0.962 bits per heavy atom. The van der Waals surface area contributed by atoms with E-state index in [4.69, 9.17) is 0 Å². The van der Waals surface area contributed by atoms with Crippen LogP contribution in [0.2, 0.25) is 0 Å². The normalized spacial score (nSPS) is 15.9. The molecule has 1 aliphatic rings. The molecule has 2 aromatic carbocycles. The van der Waals surface area contributed by atoms with Gasteiger partial charge in [0.2, 0.25) is 0 Å². The Kier molecular flexibility index (Phi) is 3.96. The monoisotopic (exact) mass is 343 g/mol. The lowest BCUT2D eigenvalue weighted by Crippen LogP contribution is -2.33. The van der Waals surface area contributed by atoms with E-state index in [1.807, 2.05) is 43.3 Å². The highest BCUT2D eigenvalue weighted by Crippen LogP contribution is 2.38. The molecule has 4 heteroatoms. The van der Waals surface area contributed by atoms with Crippen molar-refractivity contribution in [1.29, 1.82) is 0 Å². The predicted octanol–water partition coefficient (Wildman–Crippen LogP) is 4.78. The summed E-state index contributed by atoms with van der Waals surface area (Å²) in [4.78, 5) is 19.3. The molecule has 1 aliphatic heterocycles. The fourth-order valence-corrected chi connectivity index (χ4v) is 3.39. The van der Waals surface area contributed by atoms with Crippen molar-refractivity contribution in [2.45, 2.75) is 26.9 Å². The first kappa shape index (κ1) is 16.3. The molecular formula is C22H21N3O. The molecule has 0 aliphatic carbocycles. The summed E-state index contributed by atoms with van der Waals surface area (Å²) in [6.45, 7) is 6.14. The standard InChI is InChI=1S/C22H21N3O/c1-14-8-9-16(3)19(12-14)24-21-17-6-4-5-7-18(17)22(26)25(21)20-13-15(2)10-11-23-20/h4-13,21,24H,1-3H3/t21-/m0/s1. The molecule has 130 valence electrons. The number of hydrogen-bond acceptors (Lipinski definition) is 3. The largest absolute Gasteiger partial charge is 0.361 e. The van der Waals surface area contributed by atoms with Crippen LogP contribution in [0.25, 0.3) is 0 Å². The predicted molar refractivity (Wildman–Crippen MR) is 105 cm³/mol. The summed E-state index contributed by atoms with van der Waals surface area (Å²) in [5, 5.41) is 3.57. The molecule has 1 atom stereocenters. The Labute approximate surface area is 153 Å². The van der Waals surface area contributed by atoms with Crippen LogP contribution in [-0.2, 0) is 0 Å². The molecule has 0 unspecified atom stereocenters. The number of benzene rings is 2. The zero-order valence-corrected chi connectivity index (χ0v) is 15.2. The number of rotatable bonds is 3. The van der Waals surface area contributed by atoms with Crippen LogP contribution in [0.3, 0.4) is 0 Å².